The highest BCUT2D eigenvalue weighted by Gasteiger charge is 2.03. The fourth-order valence-corrected chi connectivity index (χ4v) is 6.93. The lowest BCUT2D eigenvalue weighted by Crippen LogP contribution is -1.97. The van der Waals surface area contributed by atoms with Crippen molar-refractivity contribution in [1.29, 1.82) is 0 Å². The third kappa shape index (κ3) is 33.5. The van der Waals surface area contributed by atoms with Gasteiger partial charge in [0.1, 0.15) is 11.6 Å². The maximum absolute atomic E-state index is 12.4. The van der Waals surface area contributed by atoms with Gasteiger partial charge in [-0.25, -0.2) is 19.3 Å². The van der Waals surface area contributed by atoms with Crippen LogP contribution in [0.15, 0.2) is 176 Å². The molecule has 0 aliphatic carbocycles. The van der Waals surface area contributed by atoms with Crippen molar-refractivity contribution in [3.8, 4) is 5.88 Å². The zero-order chi connectivity index (χ0) is 60.2. The summed E-state index contributed by atoms with van der Waals surface area (Å²) in [5.41, 5.74) is 19.0. The summed E-state index contributed by atoms with van der Waals surface area (Å²) < 4.78 is 17.3. The number of hydrogen-bond acceptors (Lipinski definition) is 7. The van der Waals surface area contributed by atoms with Crippen LogP contribution in [0, 0.1) is 26.6 Å². The van der Waals surface area contributed by atoms with Crippen molar-refractivity contribution < 1.29 is 9.13 Å². The minimum absolute atomic E-state index is 0. The Morgan fingerprint density at radius 3 is 1.23 bits per heavy atom. The molecule has 0 spiro atoms. The molecule has 0 saturated carbocycles. The number of methoxy groups -OCH3 is 1. The van der Waals surface area contributed by atoms with Crippen molar-refractivity contribution in [2.75, 3.05) is 7.11 Å². The molecule has 0 aliphatic heterocycles. The highest BCUT2D eigenvalue weighted by Crippen LogP contribution is 2.18. The first-order valence-electron chi connectivity index (χ1n) is 28.7. The molecule has 8 heteroatoms. The van der Waals surface area contributed by atoms with E-state index in [2.05, 4.69) is 228 Å². The van der Waals surface area contributed by atoms with Crippen molar-refractivity contribution in [3.63, 3.8) is 0 Å². The second kappa shape index (κ2) is 42.0. The average molecular weight is 1100 g/mol. The lowest BCUT2D eigenvalue weighted by atomic mass is 10.0. The molecule has 8 aromatic rings. The monoisotopic (exact) mass is 1100 g/mol. The maximum atomic E-state index is 12.4. The summed E-state index contributed by atoms with van der Waals surface area (Å²) in [5.74, 6) is 5.84. The van der Waals surface area contributed by atoms with E-state index in [1.54, 1.807) is 13.3 Å². The summed E-state index contributed by atoms with van der Waals surface area (Å²) in [6, 6.07) is 54.2. The zero-order valence-corrected chi connectivity index (χ0v) is 52.7. The summed E-state index contributed by atoms with van der Waals surface area (Å²) in [6.45, 7) is 41.1. The number of rotatable bonds is 10. The van der Waals surface area contributed by atoms with Gasteiger partial charge >= 0.3 is 0 Å². The molecule has 81 heavy (non-hydrogen) atoms. The van der Waals surface area contributed by atoms with Gasteiger partial charge < -0.3 is 10.5 Å². The Morgan fingerprint density at radius 1 is 0.395 bits per heavy atom. The highest BCUT2D eigenvalue weighted by molar-refractivity contribution is 5.26. The largest absolute Gasteiger partial charge is 0.481 e. The van der Waals surface area contributed by atoms with E-state index in [9.17, 15) is 4.39 Å². The van der Waals surface area contributed by atoms with Crippen LogP contribution < -0.4 is 10.5 Å². The third-order valence-corrected chi connectivity index (χ3v) is 12.3. The Hall–Kier alpha value is -6.90. The highest BCUT2D eigenvalue weighted by atomic mass is 19.1. The number of nitrogens with two attached hydrogens (primary N) is 1. The van der Waals surface area contributed by atoms with Gasteiger partial charge in [-0.3, -0.25) is 9.97 Å². The maximum Gasteiger partial charge on any atom is 0.213 e. The van der Waals surface area contributed by atoms with E-state index in [0.717, 1.165) is 28.6 Å². The standard InChI is InChI=1S/C10H15N.C10H14.C9H11F.C9H13NO.C9H13N.C9H12.C8H12N2.C8H11N.CH4/c1-8(2)10-5-3-4-9(6-10)7-11;1-8(2)10-6-4-9(3)5-7-10;1-7(2)8-3-5-9(10)6-4-8;1-7(2)8-5-4-6-9(10-8)11-3;1-7(2)9-6-4-5-8(3)10-9;1-8(2)9-6-4-3-5-7-9;1-6(2)8-9-5-4-7(3)10-8;1-7(2)8-5-3-4-6-9-8;/h3-6,8H,7,11H2,1-2H3;4-8H,1-3H3;3-7H,1-2H3;4-7H,1-3H3;4-7H,1-3H3;3-8H,1-2H3;4-6H,1-3H3;3-7H,1-2H3;1H4. The Kier molecular flexibility index (Phi) is 38.4. The van der Waals surface area contributed by atoms with Gasteiger partial charge in [0.05, 0.1) is 7.11 Å². The van der Waals surface area contributed by atoms with Gasteiger partial charge in [-0.1, -0.05) is 233 Å². The van der Waals surface area contributed by atoms with Crippen LogP contribution >= 0.6 is 0 Å². The van der Waals surface area contributed by atoms with E-state index in [-0.39, 0.29) is 13.2 Å². The van der Waals surface area contributed by atoms with Crippen LogP contribution in [0.5, 0.6) is 5.88 Å². The van der Waals surface area contributed by atoms with Crippen molar-refractivity contribution in [1.82, 2.24) is 24.9 Å². The zero-order valence-electron chi connectivity index (χ0n) is 52.7. The summed E-state index contributed by atoms with van der Waals surface area (Å²) >= 11 is 0. The van der Waals surface area contributed by atoms with Crippen LogP contribution in [-0.4, -0.2) is 32.0 Å². The molecule has 440 valence electrons. The topological polar surface area (TPSA) is 99.7 Å². The molecule has 4 aromatic heterocycles. The minimum atomic E-state index is -0.163. The molecule has 0 atom stereocenters. The number of halogens is 1. The average Bonchev–Trinajstić information content (AvgIpc) is 3.45. The fourth-order valence-electron chi connectivity index (χ4n) is 6.93. The van der Waals surface area contributed by atoms with E-state index in [4.69, 9.17) is 10.5 Å². The van der Waals surface area contributed by atoms with E-state index in [0.29, 0.717) is 59.8 Å². The first kappa shape index (κ1) is 74.1. The van der Waals surface area contributed by atoms with E-state index < -0.39 is 0 Å². The fraction of sp³-hybridized carbons (Fsp3) is 0.411. The van der Waals surface area contributed by atoms with Crippen molar-refractivity contribution in [2.45, 2.75) is 193 Å². The summed E-state index contributed by atoms with van der Waals surface area (Å²) in [7, 11) is 1.63. The lowest BCUT2D eigenvalue weighted by Gasteiger charge is -2.05. The van der Waals surface area contributed by atoms with Crippen LogP contribution in [0.3, 0.4) is 0 Å². The normalized spacial score (nSPS) is 10.2. The predicted octanol–water partition coefficient (Wildman–Crippen LogP) is 20.6. The van der Waals surface area contributed by atoms with Gasteiger partial charge in [-0.15, -0.1) is 0 Å². The molecule has 8 rings (SSSR count). The van der Waals surface area contributed by atoms with Crippen LogP contribution in [0.1, 0.15) is 233 Å². The van der Waals surface area contributed by atoms with Gasteiger partial charge in [-0.05, 0) is 139 Å². The second-order valence-electron chi connectivity index (χ2n) is 22.2. The molecule has 0 saturated heterocycles. The number of hydrogen-bond donors (Lipinski definition) is 1. The third-order valence-electron chi connectivity index (χ3n) is 12.3. The molecule has 0 bridgehead atoms. The molecule has 0 aliphatic rings. The second-order valence-corrected chi connectivity index (χ2v) is 22.2. The molecule has 0 amide bonds. The van der Waals surface area contributed by atoms with Gasteiger partial charge in [0, 0.05) is 59.4 Å². The smallest absolute Gasteiger partial charge is 0.213 e. The number of benzene rings is 4. The van der Waals surface area contributed by atoms with E-state index in [1.807, 2.05) is 86.8 Å². The number of nitrogens with zero attached hydrogens (tertiary/aromatic N) is 5. The summed E-state index contributed by atoms with van der Waals surface area (Å²) in [5, 5.41) is 0. The number of pyridine rings is 3. The van der Waals surface area contributed by atoms with Gasteiger partial charge in [-0.2, -0.15) is 0 Å². The Morgan fingerprint density at radius 2 is 0.840 bits per heavy atom. The predicted molar refractivity (Wildman–Crippen MR) is 349 cm³/mol. The Balaban J connectivity index is 0.000000902. The molecule has 0 radical (unpaired) electrons. The molecule has 4 heterocycles. The van der Waals surface area contributed by atoms with Crippen molar-refractivity contribution >= 4 is 0 Å². The van der Waals surface area contributed by atoms with Gasteiger partial charge in [0.2, 0.25) is 5.88 Å². The molecule has 7 nitrogen and oxygen atoms in total. The Labute approximate surface area is 493 Å². The summed E-state index contributed by atoms with van der Waals surface area (Å²) in [4.78, 5) is 21.2. The van der Waals surface area contributed by atoms with E-state index in [1.165, 1.54) is 51.2 Å². The quantitative estimate of drug-likeness (QED) is 0.146. The molecule has 0 fully saturated rings. The first-order chi connectivity index (χ1) is 37.9. The van der Waals surface area contributed by atoms with E-state index >= 15 is 0 Å². The van der Waals surface area contributed by atoms with Crippen LogP contribution in [-0.2, 0) is 6.54 Å². The first-order valence-corrected chi connectivity index (χ1v) is 28.7. The molecular weight excluding hydrogens is 996 g/mol. The summed E-state index contributed by atoms with van der Waals surface area (Å²) in [6.07, 6.45) is 3.63. The minimum Gasteiger partial charge on any atom is -0.481 e. The van der Waals surface area contributed by atoms with Crippen molar-refractivity contribution in [3.05, 3.63) is 250 Å². The van der Waals surface area contributed by atoms with Crippen LogP contribution in [0.4, 0.5) is 4.39 Å². The van der Waals surface area contributed by atoms with Crippen LogP contribution in [0.2, 0.25) is 0 Å². The van der Waals surface area contributed by atoms with Crippen molar-refractivity contribution in [2.24, 2.45) is 5.73 Å². The lowest BCUT2D eigenvalue weighted by molar-refractivity contribution is 0.395. The molecule has 2 N–H and O–H groups in total. The number of ether oxygens (including phenoxy) is 1. The van der Waals surface area contributed by atoms with Crippen LogP contribution in [0.25, 0.3) is 0 Å². The van der Waals surface area contributed by atoms with Gasteiger partial charge in [0.25, 0.3) is 0 Å². The SMILES string of the molecule is C.CC(C)c1ccc(F)cc1.CC(C)c1cccc(CN)c1.CC(C)c1ccccc1.CC(C)c1ccccn1.COc1cccc(C(C)C)n1.Cc1ccc(C(C)C)cc1.Cc1cccc(C(C)C)n1.Cc1ccnc(C(C)C)n1. The Bertz CT molecular complexity index is 2600. The number of aryl methyl sites for hydroxylation is 3. The number of aromatic nitrogens is 5. The molecule has 0 unspecified atom stereocenters. The molecule has 4 aromatic carbocycles. The molecular formula is C73H105FN6O. The van der Waals surface area contributed by atoms with Gasteiger partial charge in [0.15, 0.2) is 0 Å².